The number of carbonyl (C=O) groups excluding carboxylic acids is 1. The molecule has 0 aromatic carbocycles. The standard InChI is InChI=1S/C17H21N5O2S/c1-12-20-15(11-25-12)9-21-4-5-24-16-10-22(8-14(16)7-21)17(23)13-2-3-18-19-6-13/h2-3,6,11,14,16H,4-5,7-10H2,1H3/t14-,16+/m1/s1. The Balaban J connectivity index is 1.41. The van der Waals surface area contributed by atoms with Crippen LogP contribution in [0.15, 0.2) is 23.8 Å². The van der Waals surface area contributed by atoms with Crippen molar-refractivity contribution in [2.24, 2.45) is 5.92 Å². The Kier molecular flexibility index (Phi) is 4.74. The van der Waals surface area contributed by atoms with Gasteiger partial charge in [0, 0.05) is 44.0 Å². The first-order valence-electron chi connectivity index (χ1n) is 8.50. The quantitative estimate of drug-likeness (QED) is 0.820. The monoisotopic (exact) mass is 359 g/mol. The summed E-state index contributed by atoms with van der Waals surface area (Å²) in [6.07, 6.45) is 3.19. The van der Waals surface area contributed by atoms with E-state index in [1.165, 1.54) is 6.20 Å². The van der Waals surface area contributed by atoms with E-state index in [9.17, 15) is 4.79 Å². The zero-order valence-electron chi connectivity index (χ0n) is 14.2. The summed E-state index contributed by atoms with van der Waals surface area (Å²) in [5.74, 6) is 0.342. The predicted octanol–water partition coefficient (Wildman–Crippen LogP) is 1.21. The minimum absolute atomic E-state index is 0.00764. The van der Waals surface area contributed by atoms with Crippen LogP contribution in [0.4, 0.5) is 0 Å². The Labute approximate surface area is 150 Å². The topological polar surface area (TPSA) is 71.5 Å². The number of aryl methyl sites for hydroxylation is 1. The van der Waals surface area contributed by atoms with Crippen molar-refractivity contribution in [3.05, 3.63) is 40.1 Å². The van der Waals surface area contributed by atoms with Gasteiger partial charge in [-0.2, -0.15) is 10.2 Å². The van der Waals surface area contributed by atoms with Crippen molar-refractivity contribution in [1.29, 1.82) is 0 Å². The lowest BCUT2D eigenvalue weighted by atomic mass is 10.1. The summed E-state index contributed by atoms with van der Waals surface area (Å²) >= 11 is 1.69. The highest BCUT2D eigenvalue weighted by Crippen LogP contribution is 2.25. The first-order chi connectivity index (χ1) is 12.2. The third-order valence-corrected chi connectivity index (χ3v) is 5.61. The number of nitrogens with zero attached hydrogens (tertiary/aromatic N) is 5. The fourth-order valence-electron chi connectivity index (χ4n) is 3.58. The summed E-state index contributed by atoms with van der Waals surface area (Å²) in [5, 5.41) is 10.8. The van der Waals surface area contributed by atoms with E-state index in [1.807, 2.05) is 11.8 Å². The maximum absolute atomic E-state index is 12.6. The fraction of sp³-hybridized carbons (Fsp3) is 0.529. The second kappa shape index (κ2) is 7.15. The summed E-state index contributed by atoms with van der Waals surface area (Å²) in [4.78, 5) is 21.5. The number of rotatable bonds is 3. The number of thiazole rings is 1. The number of hydrogen-bond acceptors (Lipinski definition) is 7. The Morgan fingerprint density at radius 1 is 1.36 bits per heavy atom. The van der Waals surface area contributed by atoms with Gasteiger partial charge in [0.25, 0.3) is 5.91 Å². The molecule has 0 saturated carbocycles. The van der Waals surface area contributed by atoms with Crippen LogP contribution in [-0.4, -0.2) is 69.8 Å². The molecule has 2 aromatic rings. The van der Waals surface area contributed by atoms with Gasteiger partial charge in [-0.15, -0.1) is 11.3 Å². The third-order valence-electron chi connectivity index (χ3n) is 4.78. The van der Waals surface area contributed by atoms with Crippen LogP contribution in [0, 0.1) is 12.8 Å². The van der Waals surface area contributed by atoms with Crippen LogP contribution in [0.25, 0.3) is 0 Å². The average Bonchev–Trinajstić information content (AvgIpc) is 3.16. The van der Waals surface area contributed by atoms with Gasteiger partial charge in [-0.1, -0.05) is 0 Å². The Hall–Kier alpha value is -1.90. The van der Waals surface area contributed by atoms with E-state index in [2.05, 4.69) is 25.5 Å². The number of aromatic nitrogens is 3. The number of ether oxygens (including phenoxy) is 1. The van der Waals surface area contributed by atoms with Crippen LogP contribution in [0.2, 0.25) is 0 Å². The molecule has 0 N–H and O–H groups in total. The van der Waals surface area contributed by atoms with E-state index < -0.39 is 0 Å². The van der Waals surface area contributed by atoms with Crippen molar-refractivity contribution in [3.63, 3.8) is 0 Å². The van der Waals surface area contributed by atoms with E-state index in [1.54, 1.807) is 23.6 Å². The third kappa shape index (κ3) is 3.70. The minimum Gasteiger partial charge on any atom is -0.375 e. The van der Waals surface area contributed by atoms with Gasteiger partial charge in [-0.25, -0.2) is 4.98 Å². The zero-order valence-corrected chi connectivity index (χ0v) is 15.0. The number of likely N-dealkylation sites (tertiary alicyclic amines) is 1. The van der Waals surface area contributed by atoms with Crippen molar-refractivity contribution in [1.82, 2.24) is 25.0 Å². The van der Waals surface area contributed by atoms with Gasteiger partial charge in [0.15, 0.2) is 0 Å². The molecular weight excluding hydrogens is 338 g/mol. The van der Waals surface area contributed by atoms with Gasteiger partial charge in [0.05, 0.1) is 41.4 Å². The molecule has 25 heavy (non-hydrogen) atoms. The second-order valence-electron chi connectivity index (χ2n) is 6.60. The highest BCUT2D eigenvalue weighted by molar-refractivity contribution is 7.09. The predicted molar refractivity (Wildman–Crippen MR) is 93.3 cm³/mol. The lowest BCUT2D eigenvalue weighted by Crippen LogP contribution is -2.33. The molecule has 7 nitrogen and oxygen atoms in total. The van der Waals surface area contributed by atoms with E-state index in [-0.39, 0.29) is 12.0 Å². The molecule has 2 aliphatic heterocycles. The molecule has 2 aromatic heterocycles. The van der Waals surface area contributed by atoms with Gasteiger partial charge in [0.2, 0.25) is 0 Å². The lowest BCUT2D eigenvalue weighted by Gasteiger charge is -2.22. The van der Waals surface area contributed by atoms with E-state index in [0.717, 1.165) is 36.9 Å². The maximum atomic E-state index is 12.6. The second-order valence-corrected chi connectivity index (χ2v) is 7.67. The molecule has 0 bridgehead atoms. The molecule has 0 unspecified atom stereocenters. The van der Waals surface area contributed by atoms with Gasteiger partial charge in [-0.3, -0.25) is 9.69 Å². The van der Waals surface area contributed by atoms with Crippen molar-refractivity contribution in [3.8, 4) is 0 Å². The molecule has 0 aliphatic carbocycles. The van der Waals surface area contributed by atoms with Crippen LogP contribution in [0.3, 0.4) is 0 Å². The molecule has 4 heterocycles. The molecule has 8 heteroatoms. The zero-order chi connectivity index (χ0) is 17.2. The SMILES string of the molecule is Cc1nc(CN2CCO[C@H]3CN(C(=O)c4ccnnc4)C[C@H]3C2)cs1. The highest BCUT2D eigenvalue weighted by atomic mass is 32.1. The normalized spacial score (nSPS) is 24.1. The summed E-state index contributed by atoms with van der Waals surface area (Å²) in [6.45, 7) is 6.78. The van der Waals surface area contributed by atoms with Gasteiger partial charge in [-0.05, 0) is 13.0 Å². The number of hydrogen-bond donors (Lipinski definition) is 0. The van der Waals surface area contributed by atoms with Gasteiger partial charge >= 0.3 is 0 Å². The van der Waals surface area contributed by atoms with Crippen LogP contribution in [-0.2, 0) is 11.3 Å². The highest BCUT2D eigenvalue weighted by Gasteiger charge is 2.38. The van der Waals surface area contributed by atoms with Gasteiger partial charge in [0.1, 0.15) is 0 Å². The van der Waals surface area contributed by atoms with Crippen LogP contribution < -0.4 is 0 Å². The molecule has 0 spiro atoms. The van der Waals surface area contributed by atoms with Crippen molar-refractivity contribution < 1.29 is 9.53 Å². The van der Waals surface area contributed by atoms with E-state index in [0.29, 0.717) is 24.6 Å². The van der Waals surface area contributed by atoms with Crippen LogP contribution in [0.1, 0.15) is 21.1 Å². The minimum atomic E-state index is 0.00764. The van der Waals surface area contributed by atoms with Crippen molar-refractivity contribution in [2.45, 2.75) is 19.6 Å². The molecule has 0 radical (unpaired) electrons. The summed E-state index contributed by atoms with van der Waals surface area (Å²) in [7, 11) is 0. The maximum Gasteiger partial charge on any atom is 0.255 e. The van der Waals surface area contributed by atoms with Crippen LogP contribution >= 0.6 is 11.3 Å². The lowest BCUT2D eigenvalue weighted by molar-refractivity contribution is 0.0483. The Bertz CT molecular complexity index is 738. The molecule has 1 amide bonds. The van der Waals surface area contributed by atoms with Gasteiger partial charge < -0.3 is 9.64 Å². The number of carbonyl (C=O) groups is 1. The smallest absolute Gasteiger partial charge is 0.255 e. The number of amides is 1. The van der Waals surface area contributed by atoms with E-state index in [4.69, 9.17) is 4.74 Å². The summed E-state index contributed by atoms with van der Waals surface area (Å²) in [5.41, 5.74) is 1.70. The number of fused-ring (bicyclic) bond motifs is 1. The molecule has 4 rings (SSSR count). The fourth-order valence-corrected chi connectivity index (χ4v) is 4.18. The first kappa shape index (κ1) is 16.6. The van der Waals surface area contributed by atoms with E-state index >= 15 is 0 Å². The van der Waals surface area contributed by atoms with Crippen molar-refractivity contribution in [2.75, 3.05) is 32.8 Å². The molecule has 2 saturated heterocycles. The van der Waals surface area contributed by atoms with Crippen LogP contribution in [0.5, 0.6) is 0 Å². The molecule has 2 aliphatic rings. The Morgan fingerprint density at radius 3 is 3.04 bits per heavy atom. The summed E-state index contributed by atoms with van der Waals surface area (Å²) in [6, 6.07) is 1.71. The Morgan fingerprint density at radius 2 is 2.28 bits per heavy atom. The molecule has 2 fully saturated rings. The molecule has 2 atom stereocenters. The largest absolute Gasteiger partial charge is 0.375 e. The summed E-state index contributed by atoms with van der Waals surface area (Å²) < 4.78 is 6.03. The average molecular weight is 359 g/mol. The molecule has 132 valence electrons. The van der Waals surface area contributed by atoms with Crippen molar-refractivity contribution >= 4 is 17.2 Å². The molecular formula is C17H21N5O2S. The first-order valence-corrected chi connectivity index (χ1v) is 9.38.